The number of nitriles is 1. The number of benzene rings is 1. The van der Waals surface area contributed by atoms with E-state index < -0.39 is 35.8 Å². The van der Waals surface area contributed by atoms with Crippen molar-refractivity contribution >= 4 is 11.8 Å². The molecule has 0 saturated heterocycles. The number of allylic oxidation sites excluding steroid dienone is 2. The van der Waals surface area contributed by atoms with Gasteiger partial charge in [-0.15, -0.1) is 0 Å². The van der Waals surface area contributed by atoms with Gasteiger partial charge in [-0.05, 0) is 19.9 Å². The van der Waals surface area contributed by atoms with E-state index in [1.165, 1.54) is 24.3 Å². The summed E-state index contributed by atoms with van der Waals surface area (Å²) < 4.78 is 30.0. The van der Waals surface area contributed by atoms with E-state index in [0.29, 0.717) is 0 Å². The molecule has 1 aromatic carbocycles. The lowest BCUT2D eigenvalue weighted by Crippen LogP contribution is -2.21. The Morgan fingerprint density at radius 3 is 2.63 bits per heavy atom. The Morgan fingerprint density at radius 2 is 2.04 bits per heavy atom. The van der Waals surface area contributed by atoms with Crippen molar-refractivity contribution in [1.29, 1.82) is 5.26 Å². The Balaban J connectivity index is 2.62. The van der Waals surface area contributed by atoms with Crippen LogP contribution in [0.25, 0.3) is 0 Å². The summed E-state index contributed by atoms with van der Waals surface area (Å²) in [6.07, 6.45) is -0.418. The molecule has 1 heterocycles. The number of hydrogen-bond acceptors (Lipinski definition) is 7. The van der Waals surface area contributed by atoms with E-state index in [4.69, 9.17) is 19.9 Å². The third-order valence-electron chi connectivity index (χ3n) is 3.76. The second-order valence-corrected chi connectivity index (χ2v) is 5.48. The Morgan fingerprint density at radius 1 is 1.33 bits per heavy atom. The van der Waals surface area contributed by atoms with Crippen LogP contribution in [0.2, 0.25) is 0 Å². The molecule has 0 aromatic heterocycles. The first-order valence-electron chi connectivity index (χ1n) is 8.32. The van der Waals surface area contributed by atoms with Crippen LogP contribution in [0.1, 0.15) is 31.7 Å². The lowest BCUT2D eigenvalue weighted by atomic mass is 9.87. The molecular formula is C19H19FN2O5. The first-order chi connectivity index (χ1) is 12.9. The van der Waals surface area contributed by atoms with Crippen molar-refractivity contribution in [3.63, 3.8) is 0 Å². The summed E-state index contributed by atoms with van der Waals surface area (Å²) in [5.41, 5.74) is 5.54. The summed E-state index contributed by atoms with van der Waals surface area (Å²) in [4.78, 5) is 25.0. The smallest absolute Gasteiger partial charge is 0.313 e. The molecule has 1 unspecified atom stereocenters. The Kier molecular flexibility index (Phi) is 6.55. The molecule has 2 rings (SSSR count). The molecule has 2 N–H and O–H groups in total. The highest BCUT2D eigenvalue weighted by atomic mass is 19.1. The Labute approximate surface area is 155 Å². The fraction of sp³-hybridized carbons (Fsp3) is 0.316. The number of Topliss-reactive ketones (excluding diaryl/α,β-unsaturated/α-hetero) is 1. The van der Waals surface area contributed by atoms with E-state index >= 15 is 0 Å². The zero-order valence-electron chi connectivity index (χ0n) is 15.0. The summed E-state index contributed by atoms with van der Waals surface area (Å²) in [6, 6.07) is 7.35. The van der Waals surface area contributed by atoms with Crippen LogP contribution in [0.15, 0.2) is 47.2 Å². The molecule has 142 valence electrons. The topological polar surface area (TPSA) is 112 Å². The van der Waals surface area contributed by atoms with Crippen LogP contribution in [-0.2, 0) is 23.8 Å². The van der Waals surface area contributed by atoms with Crippen molar-refractivity contribution < 1.29 is 28.2 Å². The summed E-state index contributed by atoms with van der Waals surface area (Å²) in [6.45, 7) is 3.48. The fourth-order valence-corrected chi connectivity index (χ4v) is 2.66. The second-order valence-electron chi connectivity index (χ2n) is 5.48. The average Bonchev–Trinajstić information content (AvgIpc) is 2.72. The highest BCUT2D eigenvalue weighted by Crippen LogP contribution is 2.36. The quantitative estimate of drug-likeness (QED) is 0.761. The minimum absolute atomic E-state index is 0.0415. The van der Waals surface area contributed by atoms with Gasteiger partial charge in [0.15, 0.2) is 5.76 Å². The predicted molar refractivity (Wildman–Crippen MR) is 92.0 cm³/mol. The number of ether oxygens (including phenoxy) is 3. The van der Waals surface area contributed by atoms with Gasteiger partial charge in [0.05, 0.1) is 19.1 Å². The molecule has 0 saturated carbocycles. The van der Waals surface area contributed by atoms with E-state index in [-0.39, 0.29) is 35.9 Å². The first kappa shape index (κ1) is 20.0. The van der Waals surface area contributed by atoms with Gasteiger partial charge in [0.1, 0.15) is 23.9 Å². The minimum Gasteiger partial charge on any atom is -0.487 e. The van der Waals surface area contributed by atoms with Crippen LogP contribution in [0.3, 0.4) is 0 Å². The monoisotopic (exact) mass is 374 g/mol. The molecule has 1 atom stereocenters. The number of hydrogen-bond donors (Lipinski definition) is 1. The number of ketones is 1. The third-order valence-corrected chi connectivity index (χ3v) is 3.76. The van der Waals surface area contributed by atoms with Gasteiger partial charge in [0, 0.05) is 5.56 Å². The van der Waals surface area contributed by atoms with Gasteiger partial charge in [-0.3, -0.25) is 9.59 Å². The zero-order valence-corrected chi connectivity index (χ0v) is 15.0. The van der Waals surface area contributed by atoms with Gasteiger partial charge < -0.3 is 19.9 Å². The number of halogens is 1. The van der Waals surface area contributed by atoms with Crippen LogP contribution in [0.5, 0.6) is 0 Å². The van der Waals surface area contributed by atoms with E-state index in [0.717, 1.165) is 0 Å². The molecule has 1 aliphatic heterocycles. The minimum atomic E-state index is -1.35. The van der Waals surface area contributed by atoms with Gasteiger partial charge >= 0.3 is 5.97 Å². The molecule has 0 fully saturated rings. The molecule has 0 aliphatic carbocycles. The summed E-state index contributed by atoms with van der Waals surface area (Å²) in [7, 11) is 0. The molecule has 27 heavy (non-hydrogen) atoms. The van der Waals surface area contributed by atoms with E-state index in [2.05, 4.69) is 0 Å². The van der Waals surface area contributed by atoms with Gasteiger partial charge in [-0.2, -0.15) is 5.26 Å². The molecule has 7 nitrogen and oxygen atoms in total. The van der Waals surface area contributed by atoms with E-state index in [1.54, 1.807) is 19.9 Å². The number of nitrogens with zero attached hydrogens (tertiary/aromatic N) is 1. The van der Waals surface area contributed by atoms with Crippen LogP contribution < -0.4 is 5.73 Å². The standard InChI is InChI=1S/C19H19FN2O5/c1-3-25-15(23)9-14-18(26-4-2)17(24)16(12(10-21)19(22)27-14)11-7-5-6-8-13(11)20/h5-8,16H,3-4,9,22H2,1-2H3. The highest BCUT2D eigenvalue weighted by molar-refractivity contribution is 6.02. The van der Waals surface area contributed by atoms with E-state index in [9.17, 15) is 19.2 Å². The SMILES string of the molecule is CCOC(=O)CC1=C(OCC)C(=O)C(c2ccccc2F)C(C#N)=C(N)O1. The number of esters is 1. The lowest BCUT2D eigenvalue weighted by Gasteiger charge is -2.16. The van der Waals surface area contributed by atoms with Crippen molar-refractivity contribution in [3.8, 4) is 6.07 Å². The number of carbonyl (C=O) groups is 2. The molecule has 0 bridgehead atoms. The molecule has 8 heteroatoms. The molecule has 1 aliphatic rings. The maximum absolute atomic E-state index is 14.3. The summed E-state index contributed by atoms with van der Waals surface area (Å²) in [5.74, 6) is -4.27. The normalized spacial score (nSPS) is 17.1. The number of carbonyl (C=O) groups excluding carboxylic acids is 2. The van der Waals surface area contributed by atoms with Crippen LogP contribution >= 0.6 is 0 Å². The summed E-state index contributed by atoms with van der Waals surface area (Å²) >= 11 is 0. The lowest BCUT2D eigenvalue weighted by molar-refractivity contribution is -0.143. The molecule has 1 aromatic rings. The average molecular weight is 374 g/mol. The van der Waals surface area contributed by atoms with Crippen molar-refractivity contribution in [2.75, 3.05) is 13.2 Å². The van der Waals surface area contributed by atoms with Crippen LogP contribution in [0.4, 0.5) is 4.39 Å². The van der Waals surface area contributed by atoms with Crippen molar-refractivity contribution in [2.45, 2.75) is 26.2 Å². The fourth-order valence-electron chi connectivity index (χ4n) is 2.66. The van der Waals surface area contributed by atoms with Gasteiger partial charge in [-0.1, -0.05) is 18.2 Å². The zero-order chi connectivity index (χ0) is 20.0. The second kappa shape index (κ2) is 8.85. The van der Waals surface area contributed by atoms with Crippen LogP contribution in [-0.4, -0.2) is 25.0 Å². The van der Waals surface area contributed by atoms with Crippen molar-refractivity contribution in [1.82, 2.24) is 0 Å². The maximum atomic E-state index is 14.3. The van der Waals surface area contributed by atoms with Gasteiger partial charge in [0.2, 0.25) is 17.4 Å². The van der Waals surface area contributed by atoms with Crippen molar-refractivity contribution in [2.24, 2.45) is 5.73 Å². The molecule has 0 amide bonds. The Bertz CT molecular complexity index is 854. The third kappa shape index (κ3) is 4.26. The predicted octanol–water partition coefficient (Wildman–Crippen LogP) is 2.40. The maximum Gasteiger partial charge on any atom is 0.313 e. The first-order valence-corrected chi connectivity index (χ1v) is 8.32. The van der Waals surface area contributed by atoms with Gasteiger partial charge in [0.25, 0.3) is 0 Å². The van der Waals surface area contributed by atoms with Gasteiger partial charge in [-0.25, -0.2) is 4.39 Å². The Hall–Kier alpha value is -3.34. The highest BCUT2D eigenvalue weighted by Gasteiger charge is 2.38. The number of nitrogens with two attached hydrogens (primary N) is 1. The molecular weight excluding hydrogens is 355 g/mol. The largest absolute Gasteiger partial charge is 0.487 e. The van der Waals surface area contributed by atoms with Crippen LogP contribution in [0, 0.1) is 17.1 Å². The number of rotatable bonds is 6. The van der Waals surface area contributed by atoms with E-state index in [1.807, 2.05) is 0 Å². The molecule has 0 radical (unpaired) electrons. The van der Waals surface area contributed by atoms with Crippen molar-refractivity contribution in [3.05, 3.63) is 58.6 Å². The summed E-state index contributed by atoms with van der Waals surface area (Å²) in [5, 5.41) is 9.50. The molecule has 0 spiro atoms.